The first-order chi connectivity index (χ1) is 7.24. The molecule has 0 saturated heterocycles. The van der Waals surface area contributed by atoms with Gasteiger partial charge in [0.25, 0.3) is 0 Å². The van der Waals surface area contributed by atoms with Crippen LogP contribution in [0.3, 0.4) is 0 Å². The number of ether oxygens (including phenoxy) is 1. The zero-order valence-corrected chi connectivity index (χ0v) is 10.5. The number of rotatable bonds is 1. The van der Waals surface area contributed by atoms with E-state index < -0.39 is 11.7 Å². The highest BCUT2D eigenvalue weighted by atomic mass is 16.5. The van der Waals surface area contributed by atoms with E-state index in [-0.39, 0.29) is 17.6 Å². The number of hydrogen-bond acceptors (Lipinski definition) is 3. The fourth-order valence-corrected chi connectivity index (χ4v) is 3.30. The standard InChI is InChI=1S/C13H22O3/c1-8(14)10-5-11-12(2,3)6-9(15)7-13(11,4)16-10/h5,8-10,14-15H,6-7H2,1-4H3/t8?,9?,10?,13-/m1/s1. The van der Waals surface area contributed by atoms with E-state index in [0.29, 0.717) is 6.42 Å². The zero-order chi connectivity index (χ0) is 12.1. The van der Waals surface area contributed by atoms with Gasteiger partial charge in [-0.25, -0.2) is 0 Å². The van der Waals surface area contributed by atoms with Crippen molar-refractivity contribution in [3.05, 3.63) is 11.6 Å². The Labute approximate surface area is 97.1 Å². The van der Waals surface area contributed by atoms with Crippen LogP contribution < -0.4 is 0 Å². The van der Waals surface area contributed by atoms with Gasteiger partial charge in [0.05, 0.1) is 17.8 Å². The van der Waals surface area contributed by atoms with E-state index >= 15 is 0 Å². The minimum absolute atomic E-state index is 0.0456. The molecule has 2 N–H and O–H groups in total. The zero-order valence-electron chi connectivity index (χ0n) is 10.5. The molecule has 3 unspecified atom stereocenters. The van der Waals surface area contributed by atoms with Crippen molar-refractivity contribution in [2.24, 2.45) is 5.41 Å². The summed E-state index contributed by atoms with van der Waals surface area (Å²) in [5.74, 6) is 0. The first-order valence-electron chi connectivity index (χ1n) is 6.01. The molecule has 3 heteroatoms. The molecule has 1 aliphatic heterocycles. The summed E-state index contributed by atoms with van der Waals surface area (Å²) in [5.41, 5.74) is 0.787. The van der Waals surface area contributed by atoms with Gasteiger partial charge in [0.15, 0.2) is 0 Å². The van der Waals surface area contributed by atoms with Crippen molar-refractivity contribution < 1.29 is 14.9 Å². The lowest BCUT2D eigenvalue weighted by Crippen LogP contribution is -2.45. The van der Waals surface area contributed by atoms with Gasteiger partial charge in [-0.3, -0.25) is 0 Å². The third kappa shape index (κ3) is 1.81. The van der Waals surface area contributed by atoms with Gasteiger partial charge in [0, 0.05) is 6.42 Å². The SMILES string of the molecule is CC(O)C1C=C2C(C)(C)CC(O)C[C@@]2(C)O1. The lowest BCUT2D eigenvalue weighted by Gasteiger charge is -2.44. The Hall–Kier alpha value is -0.380. The second kappa shape index (κ2) is 3.56. The molecule has 1 aliphatic carbocycles. The fourth-order valence-electron chi connectivity index (χ4n) is 3.30. The molecule has 0 aromatic carbocycles. The summed E-state index contributed by atoms with van der Waals surface area (Å²) in [4.78, 5) is 0. The second-order valence-corrected chi connectivity index (χ2v) is 6.08. The smallest absolute Gasteiger partial charge is 0.103 e. The van der Waals surface area contributed by atoms with Crippen molar-refractivity contribution in [1.29, 1.82) is 0 Å². The van der Waals surface area contributed by atoms with Gasteiger partial charge in [-0.05, 0) is 31.3 Å². The van der Waals surface area contributed by atoms with Gasteiger partial charge < -0.3 is 14.9 Å². The normalized spacial score (nSPS) is 43.8. The van der Waals surface area contributed by atoms with Crippen LogP contribution in [0.25, 0.3) is 0 Å². The maximum absolute atomic E-state index is 9.91. The van der Waals surface area contributed by atoms with Gasteiger partial charge in [0.2, 0.25) is 0 Å². The molecule has 2 aliphatic rings. The molecule has 1 heterocycles. The first-order valence-corrected chi connectivity index (χ1v) is 6.01. The highest BCUT2D eigenvalue weighted by Gasteiger charge is 2.50. The second-order valence-electron chi connectivity index (χ2n) is 6.08. The van der Waals surface area contributed by atoms with Gasteiger partial charge in [-0.1, -0.05) is 19.9 Å². The Morgan fingerprint density at radius 2 is 2.00 bits per heavy atom. The van der Waals surface area contributed by atoms with Crippen molar-refractivity contribution >= 4 is 0 Å². The van der Waals surface area contributed by atoms with E-state index in [1.165, 1.54) is 5.57 Å². The number of hydrogen-bond donors (Lipinski definition) is 2. The van der Waals surface area contributed by atoms with Crippen LogP contribution in [0, 0.1) is 5.41 Å². The average Bonchev–Trinajstić information content (AvgIpc) is 2.41. The summed E-state index contributed by atoms with van der Waals surface area (Å²) in [6.07, 6.45) is 2.41. The van der Waals surface area contributed by atoms with Crippen LogP contribution in [0.1, 0.15) is 40.5 Å². The molecular formula is C13H22O3. The minimum Gasteiger partial charge on any atom is -0.393 e. The third-order valence-electron chi connectivity index (χ3n) is 3.87. The molecule has 2 rings (SSSR count). The summed E-state index contributed by atoms with van der Waals surface area (Å²) in [6.45, 7) is 8.03. The maximum Gasteiger partial charge on any atom is 0.103 e. The topological polar surface area (TPSA) is 49.7 Å². The van der Waals surface area contributed by atoms with Crippen LogP contribution in [-0.2, 0) is 4.74 Å². The summed E-state index contributed by atoms with van der Waals surface area (Å²) in [6, 6.07) is 0. The third-order valence-corrected chi connectivity index (χ3v) is 3.87. The molecule has 0 aromatic rings. The molecular weight excluding hydrogens is 204 g/mol. The van der Waals surface area contributed by atoms with Crippen LogP contribution in [0.15, 0.2) is 11.6 Å². The lowest BCUT2D eigenvalue weighted by molar-refractivity contribution is -0.103. The number of aliphatic hydroxyl groups is 2. The molecule has 0 radical (unpaired) electrons. The molecule has 1 saturated carbocycles. The molecule has 0 amide bonds. The fraction of sp³-hybridized carbons (Fsp3) is 0.846. The van der Waals surface area contributed by atoms with E-state index in [1.807, 2.05) is 6.92 Å². The van der Waals surface area contributed by atoms with E-state index in [2.05, 4.69) is 19.9 Å². The van der Waals surface area contributed by atoms with E-state index in [0.717, 1.165) is 6.42 Å². The maximum atomic E-state index is 9.91. The van der Waals surface area contributed by atoms with Crippen LogP contribution in [0.2, 0.25) is 0 Å². The lowest BCUT2D eigenvalue weighted by atomic mass is 9.65. The first kappa shape index (κ1) is 12.1. The quantitative estimate of drug-likeness (QED) is 0.668. The van der Waals surface area contributed by atoms with Gasteiger partial charge in [0.1, 0.15) is 6.10 Å². The van der Waals surface area contributed by atoms with Gasteiger partial charge >= 0.3 is 0 Å². The van der Waals surface area contributed by atoms with Crippen molar-refractivity contribution in [1.82, 2.24) is 0 Å². The van der Waals surface area contributed by atoms with E-state index in [1.54, 1.807) is 6.92 Å². The van der Waals surface area contributed by atoms with E-state index in [9.17, 15) is 10.2 Å². The average molecular weight is 226 g/mol. The molecule has 0 bridgehead atoms. The van der Waals surface area contributed by atoms with Crippen LogP contribution in [-0.4, -0.2) is 34.1 Å². The van der Waals surface area contributed by atoms with E-state index in [4.69, 9.17) is 4.74 Å². The summed E-state index contributed by atoms with van der Waals surface area (Å²) in [5, 5.41) is 19.5. The summed E-state index contributed by atoms with van der Waals surface area (Å²) < 4.78 is 5.92. The summed E-state index contributed by atoms with van der Waals surface area (Å²) in [7, 11) is 0. The highest BCUT2D eigenvalue weighted by molar-refractivity contribution is 5.32. The van der Waals surface area contributed by atoms with Crippen molar-refractivity contribution in [2.45, 2.75) is 64.4 Å². The molecule has 0 spiro atoms. The summed E-state index contributed by atoms with van der Waals surface area (Å²) >= 11 is 0. The molecule has 0 aromatic heterocycles. The molecule has 3 nitrogen and oxygen atoms in total. The van der Waals surface area contributed by atoms with Crippen LogP contribution >= 0.6 is 0 Å². The Balaban J connectivity index is 2.34. The Morgan fingerprint density at radius 1 is 1.38 bits per heavy atom. The van der Waals surface area contributed by atoms with Crippen LogP contribution in [0.4, 0.5) is 0 Å². The Morgan fingerprint density at radius 3 is 2.56 bits per heavy atom. The van der Waals surface area contributed by atoms with Crippen molar-refractivity contribution in [3.63, 3.8) is 0 Å². The Kier molecular flexibility index (Phi) is 2.69. The number of fused-ring (bicyclic) bond motifs is 1. The van der Waals surface area contributed by atoms with Gasteiger partial charge in [-0.15, -0.1) is 0 Å². The monoisotopic (exact) mass is 226 g/mol. The van der Waals surface area contributed by atoms with Gasteiger partial charge in [-0.2, -0.15) is 0 Å². The van der Waals surface area contributed by atoms with Crippen molar-refractivity contribution in [2.75, 3.05) is 0 Å². The molecule has 92 valence electrons. The largest absolute Gasteiger partial charge is 0.393 e. The molecule has 4 atom stereocenters. The Bertz CT molecular complexity index is 319. The highest BCUT2D eigenvalue weighted by Crippen LogP contribution is 2.51. The van der Waals surface area contributed by atoms with Crippen LogP contribution in [0.5, 0.6) is 0 Å². The van der Waals surface area contributed by atoms with Crippen molar-refractivity contribution in [3.8, 4) is 0 Å². The number of aliphatic hydroxyl groups excluding tert-OH is 2. The molecule has 1 fully saturated rings. The predicted octanol–water partition coefficient (Wildman–Crippen LogP) is 1.63. The molecule has 16 heavy (non-hydrogen) atoms. The predicted molar refractivity (Wildman–Crippen MR) is 62.1 cm³/mol. The minimum atomic E-state index is -0.497.